The van der Waals surface area contributed by atoms with Gasteiger partial charge in [-0.15, -0.1) is 0 Å². The largest absolute Gasteiger partial charge is 0.352 e. The average Bonchev–Trinajstić information content (AvgIpc) is 2.47. The molecular formula is C16H23FN2O. The molecule has 3 N–H and O–H groups in total. The van der Waals surface area contributed by atoms with Gasteiger partial charge in [0.1, 0.15) is 5.82 Å². The third-order valence-electron chi connectivity index (χ3n) is 4.26. The summed E-state index contributed by atoms with van der Waals surface area (Å²) in [5.74, 6) is 0.108. The number of hydrogen-bond acceptors (Lipinski definition) is 2. The molecule has 20 heavy (non-hydrogen) atoms. The molecule has 0 spiro atoms. The van der Waals surface area contributed by atoms with Gasteiger partial charge < -0.3 is 11.1 Å². The van der Waals surface area contributed by atoms with Gasteiger partial charge in [0, 0.05) is 6.54 Å². The topological polar surface area (TPSA) is 55.1 Å². The lowest BCUT2D eigenvalue weighted by atomic mass is 9.79. The second kappa shape index (κ2) is 6.84. The molecule has 1 fully saturated rings. The second-order valence-corrected chi connectivity index (χ2v) is 5.73. The van der Waals surface area contributed by atoms with E-state index in [-0.39, 0.29) is 11.5 Å². The molecule has 2 atom stereocenters. The number of hydrogen-bond donors (Lipinski definition) is 2. The van der Waals surface area contributed by atoms with Crippen molar-refractivity contribution in [2.24, 2.45) is 17.6 Å². The van der Waals surface area contributed by atoms with Crippen LogP contribution in [0.25, 0.3) is 0 Å². The van der Waals surface area contributed by atoms with E-state index in [1.807, 2.05) is 6.92 Å². The van der Waals surface area contributed by atoms with Crippen LogP contribution in [0.2, 0.25) is 0 Å². The Bertz CT molecular complexity index is 476. The van der Waals surface area contributed by atoms with E-state index in [2.05, 4.69) is 5.32 Å². The van der Waals surface area contributed by atoms with Crippen molar-refractivity contribution in [3.63, 3.8) is 0 Å². The van der Waals surface area contributed by atoms with E-state index >= 15 is 0 Å². The van der Waals surface area contributed by atoms with E-state index in [1.165, 1.54) is 18.9 Å². The van der Waals surface area contributed by atoms with Crippen molar-refractivity contribution in [3.05, 3.63) is 35.1 Å². The first-order chi connectivity index (χ1) is 9.61. The van der Waals surface area contributed by atoms with Crippen molar-refractivity contribution in [2.45, 2.75) is 32.6 Å². The highest BCUT2D eigenvalue weighted by atomic mass is 19.1. The molecule has 0 aliphatic heterocycles. The summed E-state index contributed by atoms with van der Waals surface area (Å²) >= 11 is 0. The van der Waals surface area contributed by atoms with Crippen LogP contribution >= 0.6 is 0 Å². The summed E-state index contributed by atoms with van der Waals surface area (Å²) in [7, 11) is 0. The minimum atomic E-state index is -0.466. The molecule has 110 valence electrons. The predicted octanol–water partition coefficient (Wildman–Crippen LogP) is 2.63. The maximum atomic E-state index is 13.6. The summed E-state index contributed by atoms with van der Waals surface area (Å²) in [6.45, 7) is 3.11. The Morgan fingerprint density at radius 1 is 1.35 bits per heavy atom. The number of halogens is 1. The number of aryl methyl sites for hydroxylation is 1. The number of nitrogens with one attached hydrogen (secondary N) is 1. The van der Waals surface area contributed by atoms with Crippen LogP contribution in [0.3, 0.4) is 0 Å². The van der Waals surface area contributed by atoms with Gasteiger partial charge in [0.15, 0.2) is 0 Å². The Labute approximate surface area is 119 Å². The Morgan fingerprint density at radius 2 is 2.05 bits per heavy atom. The second-order valence-electron chi connectivity index (χ2n) is 5.73. The molecule has 0 saturated heterocycles. The first-order valence-corrected chi connectivity index (χ1v) is 7.36. The average molecular weight is 278 g/mol. The Hall–Kier alpha value is -1.42. The third kappa shape index (κ3) is 3.57. The molecule has 0 bridgehead atoms. The molecule has 1 aliphatic rings. The van der Waals surface area contributed by atoms with Crippen molar-refractivity contribution in [1.82, 2.24) is 5.32 Å². The zero-order valence-corrected chi connectivity index (χ0v) is 12.0. The normalized spacial score (nSPS) is 22.6. The fourth-order valence-corrected chi connectivity index (χ4v) is 3.00. The SMILES string of the molecule is Cc1ccc(F)c(C(=O)NCC2CCCCC2CN)c1. The highest BCUT2D eigenvalue weighted by Crippen LogP contribution is 2.28. The standard InChI is InChI=1S/C16H23FN2O/c1-11-6-7-15(17)14(8-11)16(20)19-10-13-5-3-2-4-12(13)9-18/h6-8,12-13H,2-5,9-10,18H2,1H3,(H,19,20). The molecule has 2 rings (SSSR count). The molecule has 0 radical (unpaired) electrons. The number of amides is 1. The molecule has 2 unspecified atom stereocenters. The third-order valence-corrected chi connectivity index (χ3v) is 4.26. The van der Waals surface area contributed by atoms with E-state index in [9.17, 15) is 9.18 Å². The van der Waals surface area contributed by atoms with Crippen molar-refractivity contribution >= 4 is 5.91 Å². The van der Waals surface area contributed by atoms with Crippen molar-refractivity contribution in [3.8, 4) is 0 Å². The van der Waals surface area contributed by atoms with Gasteiger partial charge in [0.25, 0.3) is 5.91 Å². The van der Waals surface area contributed by atoms with Gasteiger partial charge in [-0.2, -0.15) is 0 Å². The zero-order chi connectivity index (χ0) is 14.5. The van der Waals surface area contributed by atoms with E-state index in [0.717, 1.165) is 18.4 Å². The van der Waals surface area contributed by atoms with Gasteiger partial charge in [0.2, 0.25) is 0 Å². The van der Waals surface area contributed by atoms with Gasteiger partial charge in [-0.1, -0.05) is 24.5 Å². The van der Waals surface area contributed by atoms with Gasteiger partial charge in [-0.25, -0.2) is 4.39 Å². The van der Waals surface area contributed by atoms with Crippen molar-refractivity contribution in [2.75, 3.05) is 13.1 Å². The first kappa shape index (κ1) is 15.0. The van der Waals surface area contributed by atoms with Gasteiger partial charge in [-0.3, -0.25) is 4.79 Å². The minimum Gasteiger partial charge on any atom is -0.352 e. The molecular weight excluding hydrogens is 255 g/mol. The van der Waals surface area contributed by atoms with Gasteiger partial charge in [0.05, 0.1) is 5.56 Å². The van der Waals surface area contributed by atoms with Crippen LogP contribution in [0.4, 0.5) is 4.39 Å². The molecule has 0 aromatic heterocycles. The number of benzene rings is 1. The summed E-state index contributed by atoms with van der Waals surface area (Å²) in [5, 5.41) is 2.87. The Balaban J connectivity index is 1.96. The predicted molar refractivity (Wildman–Crippen MR) is 78.0 cm³/mol. The number of carbonyl (C=O) groups is 1. The molecule has 1 amide bonds. The minimum absolute atomic E-state index is 0.130. The van der Waals surface area contributed by atoms with Crippen LogP contribution in [0.5, 0.6) is 0 Å². The molecule has 1 aliphatic carbocycles. The Kier molecular flexibility index (Phi) is 5.12. The summed E-state index contributed by atoms with van der Waals surface area (Å²) < 4.78 is 13.6. The quantitative estimate of drug-likeness (QED) is 0.889. The lowest BCUT2D eigenvalue weighted by Gasteiger charge is -2.30. The van der Waals surface area contributed by atoms with Crippen LogP contribution in [-0.2, 0) is 0 Å². The summed E-state index contributed by atoms with van der Waals surface area (Å²) in [5.41, 5.74) is 6.80. The smallest absolute Gasteiger partial charge is 0.254 e. The van der Waals surface area contributed by atoms with E-state index < -0.39 is 5.82 Å². The fourth-order valence-electron chi connectivity index (χ4n) is 3.00. The highest BCUT2D eigenvalue weighted by Gasteiger charge is 2.24. The number of carbonyl (C=O) groups excluding carboxylic acids is 1. The van der Waals surface area contributed by atoms with Crippen LogP contribution < -0.4 is 11.1 Å². The highest BCUT2D eigenvalue weighted by molar-refractivity contribution is 5.94. The van der Waals surface area contributed by atoms with Crippen LogP contribution in [-0.4, -0.2) is 19.0 Å². The lowest BCUT2D eigenvalue weighted by Crippen LogP contribution is -2.37. The maximum Gasteiger partial charge on any atom is 0.254 e. The monoisotopic (exact) mass is 278 g/mol. The van der Waals surface area contributed by atoms with Crippen molar-refractivity contribution < 1.29 is 9.18 Å². The van der Waals surface area contributed by atoms with Crippen LogP contribution in [0, 0.1) is 24.6 Å². The lowest BCUT2D eigenvalue weighted by molar-refractivity contribution is 0.0931. The van der Waals surface area contributed by atoms with Crippen molar-refractivity contribution in [1.29, 1.82) is 0 Å². The first-order valence-electron chi connectivity index (χ1n) is 7.36. The number of nitrogens with two attached hydrogens (primary N) is 1. The van der Waals surface area contributed by atoms with E-state index in [4.69, 9.17) is 5.73 Å². The number of rotatable bonds is 4. The molecule has 1 aromatic carbocycles. The molecule has 1 saturated carbocycles. The van der Waals surface area contributed by atoms with E-state index in [0.29, 0.717) is 24.9 Å². The zero-order valence-electron chi connectivity index (χ0n) is 12.0. The van der Waals surface area contributed by atoms with Gasteiger partial charge >= 0.3 is 0 Å². The fraction of sp³-hybridized carbons (Fsp3) is 0.562. The molecule has 4 heteroatoms. The summed E-state index contributed by atoms with van der Waals surface area (Å²) in [4.78, 5) is 12.1. The molecule has 0 heterocycles. The maximum absolute atomic E-state index is 13.6. The van der Waals surface area contributed by atoms with E-state index in [1.54, 1.807) is 12.1 Å². The summed E-state index contributed by atoms with van der Waals surface area (Å²) in [6, 6.07) is 4.59. The molecule has 1 aromatic rings. The summed E-state index contributed by atoms with van der Waals surface area (Å²) in [6.07, 6.45) is 4.64. The van der Waals surface area contributed by atoms with Gasteiger partial charge in [-0.05, 0) is 50.3 Å². The Morgan fingerprint density at radius 3 is 2.75 bits per heavy atom. The van der Waals surface area contributed by atoms with Crippen LogP contribution in [0.15, 0.2) is 18.2 Å². The molecule has 3 nitrogen and oxygen atoms in total. The van der Waals surface area contributed by atoms with Crippen LogP contribution in [0.1, 0.15) is 41.6 Å².